The maximum atomic E-state index is 12.3. The molecule has 4 heteroatoms. The molecule has 0 aliphatic carbocycles. The van der Waals surface area contributed by atoms with Crippen LogP contribution in [-0.4, -0.2) is 16.9 Å². The largest absolute Gasteiger partial charge is 0.481 e. The summed E-state index contributed by atoms with van der Waals surface area (Å²) in [6.07, 6.45) is 0. The van der Waals surface area contributed by atoms with Gasteiger partial charge in [-0.15, -0.1) is 11.3 Å². The van der Waals surface area contributed by atoms with E-state index in [-0.39, 0.29) is 5.78 Å². The summed E-state index contributed by atoms with van der Waals surface area (Å²) in [5.41, 5.74) is 1.07. The summed E-state index contributed by atoms with van der Waals surface area (Å²) in [7, 11) is 0. The van der Waals surface area contributed by atoms with Crippen molar-refractivity contribution >= 4 is 23.1 Å². The maximum Gasteiger partial charge on any atom is 0.311 e. The fraction of sp³-hybridized carbons (Fsp3) is 0.143. The van der Waals surface area contributed by atoms with Gasteiger partial charge >= 0.3 is 5.97 Å². The molecule has 0 saturated heterocycles. The van der Waals surface area contributed by atoms with Crippen LogP contribution in [0.2, 0.25) is 0 Å². The molecule has 0 aliphatic heterocycles. The number of benzene rings is 1. The number of carboxylic acids is 1. The second-order valence-electron chi connectivity index (χ2n) is 3.95. The van der Waals surface area contributed by atoms with Gasteiger partial charge in [0, 0.05) is 16.0 Å². The number of thiophene rings is 1. The molecule has 2 rings (SSSR count). The van der Waals surface area contributed by atoms with Gasteiger partial charge in [-0.2, -0.15) is 0 Å². The highest BCUT2D eigenvalue weighted by Gasteiger charge is 2.22. The van der Waals surface area contributed by atoms with Gasteiger partial charge in [-0.3, -0.25) is 9.59 Å². The lowest BCUT2D eigenvalue weighted by molar-refractivity contribution is -0.138. The third-order valence-electron chi connectivity index (χ3n) is 2.74. The highest BCUT2D eigenvalue weighted by molar-refractivity contribution is 7.10. The van der Waals surface area contributed by atoms with Crippen LogP contribution in [0.15, 0.2) is 41.8 Å². The Balaban J connectivity index is 2.38. The topological polar surface area (TPSA) is 54.4 Å². The summed E-state index contributed by atoms with van der Waals surface area (Å²) in [6.45, 7) is 1.59. The van der Waals surface area contributed by atoms with Crippen LogP contribution >= 0.6 is 11.3 Å². The number of aliphatic carboxylic acids is 1. The molecule has 1 unspecified atom stereocenters. The summed E-state index contributed by atoms with van der Waals surface area (Å²) in [4.78, 5) is 23.9. The lowest BCUT2D eigenvalue weighted by atomic mass is 9.99. The van der Waals surface area contributed by atoms with Gasteiger partial charge < -0.3 is 5.11 Å². The minimum atomic E-state index is -0.917. The molecule has 0 aliphatic rings. The number of hydrogen-bond acceptors (Lipinski definition) is 3. The smallest absolute Gasteiger partial charge is 0.311 e. The summed E-state index contributed by atoms with van der Waals surface area (Å²) < 4.78 is 0. The van der Waals surface area contributed by atoms with E-state index in [0.717, 1.165) is 0 Å². The van der Waals surface area contributed by atoms with Crippen molar-refractivity contribution in [1.82, 2.24) is 0 Å². The Hall–Kier alpha value is -1.94. The molecule has 18 heavy (non-hydrogen) atoms. The van der Waals surface area contributed by atoms with Gasteiger partial charge in [-0.05, 0) is 18.4 Å². The first-order chi connectivity index (χ1) is 8.61. The van der Waals surface area contributed by atoms with Crippen LogP contribution in [0, 0.1) is 0 Å². The predicted molar refractivity (Wildman–Crippen MR) is 70.2 cm³/mol. The summed E-state index contributed by atoms with van der Waals surface area (Å²) >= 11 is 1.31. The Morgan fingerprint density at radius 2 is 1.83 bits per heavy atom. The van der Waals surface area contributed by atoms with Crippen molar-refractivity contribution in [3.63, 3.8) is 0 Å². The van der Waals surface area contributed by atoms with Crippen LogP contribution in [0.1, 0.15) is 33.6 Å². The molecular formula is C14H12O3S. The SMILES string of the molecule is CC(C(=O)O)c1sccc1C(=O)c1ccccc1. The van der Waals surface area contributed by atoms with Gasteiger partial charge in [0.15, 0.2) is 5.78 Å². The number of hydrogen-bond donors (Lipinski definition) is 1. The van der Waals surface area contributed by atoms with Gasteiger partial charge in [-0.25, -0.2) is 0 Å². The molecule has 0 amide bonds. The van der Waals surface area contributed by atoms with Crippen molar-refractivity contribution in [2.24, 2.45) is 0 Å². The van der Waals surface area contributed by atoms with E-state index in [1.165, 1.54) is 11.3 Å². The molecule has 1 aromatic carbocycles. The fourth-order valence-corrected chi connectivity index (χ4v) is 2.64. The Kier molecular flexibility index (Phi) is 3.58. The Labute approximate surface area is 109 Å². The average Bonchev–Trinajstić information content (AvgIpc) is 2.87. The minimum Gasteiger partial charge on any atom is -0.481 e. The Bertz CT molecular complexity index is 572. The highest BCUT2D eigenvalue weighted by Crippen LogP contribution is 2.28. The molecule has 0 saturated carbocycles. The van der Waals surface area contributed by atoms with Crippen LogP contribution in [-0.2, 0) is 4.79 Å². The van der Waals surface area contributed by atoms with Crippen LogP contribution in [0.5, 0.6) is 0 Å². The molecule has 0 bridgehead atoms. The van der Waals surface area contributed by atoms with Crippen molar-refractivity contribution in [2.75, 3.05) is 0 Å². The summed E-state index contributed by atoms with van der Waals surface area (Å²) in [6, 6.07) is 10.6. The van der Waals surface area contributed by atoms with E-state index in [1.807, 2.05) is 6.07 Å². The summed E-state index contributed by atoms with van der Waals surface area (Å²) in [5, 5.41) is 10.8. The molecule has 2 aromatic rings. The first kappa shape index (κ1) is 12.5. The number of carboxylic acid groups (broad SMARTS) is 1. The van der Waals surface area contributed by atoms with Gasteiger partial charge in [-0.1, -0.05) is 30.3 Å². The first-order valence-corrected chi connectivity index (χ1v) is 6.39. The lowest BCUT2D eigenvalue weighted by Gasteiger charge is -2.07. The minimum absolute atomic E-state index is 0.125. The van der Waals surface area contributed by atoms with Crippen molar-refractivity contribution in [2.45, 2.75) is 12.8 Å². The Morgan fingerprint density at radius 1 is 1.17 bits per heavy atom. The maximum absolute atomic E-state index is 12.3. The standard InChI is InChI=1S/C14H12O3S/c1-9(14(16)17)13-11(7-8-18-13)12(15)10-5-3-2-4-6-10/h2-9H,1H3,(H,16,17). The molecule has 1 atom stereocenters. The van der Waals surface area contributed by atoms with E-state index < -0.39 is 11.9 Å². The number of carbonyl (C=O) groups excluding carboxylic acids is 1. The van der Waals surface area contributed by atoms with Crippen molar-refractivity contribution in [1.29, 1.82) is 0 Å². The zero-order chi connectivity index (χ0) is 13.1. The monoisotopic (exact) mass is 260 g/mol. The third kappa shape index (κ3) is 2.33. The molecule has 1 N–H and O–H groups in total. The quantitative estimate of drug-likeness (QED) is 0.859. The molecule has 3 nitrogen and oxygen atoms in total. The fourth-order valence-electron chi connectivity index (χ4n) is 1.70. The number of ketones is 1. The zero-order valence-electron chi connectivity index (χ0n) is 9.79. The highest BCUT2D eigenvalue weighted by atomic mass is 32.1. The molecule has 0 fully saturated rings. The molecule has 1 heterocycles. The van der Waals surface area contributed by atoms with Gasteiger partial charge in [0.2, 0.25) is 0 Å². The number of rotatable bonds is 4. The molecule has 1 aromatic heterocycles. The van der Waals surface area contributed by atoms with E-state index in [4.69, 9.17) is 5.11 Å². The zero-order valence-corrected chi connectivity index (χ0v) is 10.6. The van der Waals surface area contributed by atoms with Crippen LogP contribution < -0.4 is 0 Å². The normalized spacial score (nSPS) is 12.1. The predicted octanol–water partition coefficient (Wildman–Crippen LogP) is 3.17. The molecule has 92 valence electrons. The Morgan fingerprint density at radius 3 is 2.44 bits per heavy atom. The number of carbonyl (C=O) groups is 2. The molecule has 0 spiro atoms. The van der Waals surface area contributed by atoms with Gasteiger partial charge in [0.25, 0.3) is 0 Å². The van der Waals surface area contributed by atoms with Crippen molar-refractivity contribution in [3.8, 4) is 0 Å². The van der Waals surface area contributed by atoms with Gasteiger partial charge in [0.1, 0.15) is 0 Å². The van der Waals surface area contributed by atoms with E-state index in [2.05, 4.69) is 0 Å². The van der Waals surface area contributed by atoms with E-state index >= 15 is 0 Å². The first-order valence-electron chi connectivity index (χ1n) is 5.51. The lowest BCUT2D eigenvalue weighted by Crippen LogP contribution is -2.10. The van der Waals surface area contributed by atoms with E-state index in [9.17, 15) is 9.59 Å². The third-order valence-corrected chi connectivity index (χ3v) is 3.84. The van der Waals surface area contributed by atoms with Crippen molar-refractivity contribution < 1.29 is 14.7 Å². The molecular weight excluding hydrogens is 248 g/mol. The van der Waals surface area contributed by atoms with Crippen LogP contribution in [0.3, 0.4) is 0 Å². The van der Waals surface area contributed by atoms with Gasteiger partial charge in [0.05, 0.1) is 5.92 Å². The second-order valence-corrected chi connectivity index (χ2v) is 4.90. The van der Waals surface area contributed by atoms with Crippen molar-refractivity contribution in [3.05, 3.63) is 57.8 Å². The molecule has 0 radical (unpaired) electrons. The second kappa shape index (κ2) is 5.14. The van der Waals surface area contributed by atoms with Crippen LogP contribution in [0.25, 0.3) is 0 Å². The van der Waals surface area contributed by atoms with E-state index in [1.54, 1.807) is 42.6 Å². The average molecular weight is 260 g/mol. The van der Waals surface area contributed by atoms with E-state index in [0.29, 0.717) is 16.0 Å². The summed E-state index contributed by atoms with van der Waals surface area (Å²) in [5.74, 6) is -1.70. The van der Waals surface area contributed by atoms with Crippen LogP contribution in [0.4, 0.5) is 0 Å².